The van der Waals surface area contributed by atoms with E-state index in [-0.39, 0.29) is 30.6 Å². The van der Waals surface area contributed by atoms with E-state index < -0.39 is 0 Å². The van der Waals surface area contributed by atoms with Crippen LogP contribution >= 0.6 is 11.3 Å². The summed E-state index contributed by atoms with van der Waals surface area (Å²) in [6, 6.07) is 9.62. The predicted molar refractivity (Wildman–Crippen MR) is 129 cm³/mol. The third kappa shape index (κ3) is 5.68. The molecular formula is C25H33N3O4S. The Labute approximate surface area is 199 Å². The maximum atomic E-state index is 13.5. The first-order chi connectivity index (χ1) is 16.1. The lowest BCUT2D eigenvalue weighted by Crippen LogP contribution is -2.51. The minimum atomic E-state index is -0.220. The van der Waals surface area contributed by atoms with E-state index in [2.05, 4.69) is 16.8 Å². The van der Waals surface area contributed by atoms with Gasteiger partial charge in [0.1, 0.15) is 18.9 Å². The first-order valence-corrected chi connectivity index (χ1v) is 12.6. The average Bonchev–Trinajstić information content (AvgIpc) is 3.50. The van der Waals surface area contributed by atoms with Crippen LogP contribution in [0.15, 0.2) is 35.7 Å². The molecular weight excluding hydrogens is 438 g/mol. The molecule has 0 radical (unpaired) electrons. The molecule has 0 unspecified atom stereocenters. The molecule has 2 atom stereocenters. The van der Waals surface area contributed by atoms with Gasteiger partial charge in [0.2, 0.25) is 5.91 Å². The second-order valence-electron chi connectivity index (χ2n) is 8.58. The van der Waals surface area contributed by atoms with Gasteiger partial charge in [0.15, 0.2) is 0 Å². The van der Waals surface area contributed by atoms with E-state index in [1.165, 1.54) is 4.88 Å². The second kappa shape index (κ2) is 11.0. The third-order valence-electron chi connectivity index (χ3n) is 6.29. The molecule has 0 spiro atoms. The SMILES string of the molecule is CCNC(=O)N(CC(=O)N1CCc2sccc2[C@@H]1COc1ccccc1C)C[C@H]1CCCO1. The number of nitrogens with zero attached hydrogens (tertiary/aromatic N) is 2. The molecule has 0 bridgehead atoms. The molecule has 1 aromatic heterocycles. The Morgan fingerprint density at radius 3 is 2.91 bits per heavy atom. The first-order valence-electron chi connectivity index (χ1n) is 11.7. The van der Waals surface area contributed by atoms with Gasteiger partial charge in [-0.05, 0) is 61.7 Å². The molecule has 1 saturated heterocycles. The third-order valence-corrected chi connectivity index (χ3v) is 7.29. The fraction of sp³-hybridized carbons (Fsp3) is 0.520. The number of nitrogens with one attached hydrogen (secondary N) is 1. The summed E-state index contributed by atoms with van der Waals surface area (Å²) in [5, 5.41) is 4.92. The van der Waals surface area contributed by atoms with Crippen LogP contribution in [0, 0.1) is 6.92 Å². The molecule has 3 amide bonds. The van der Waals surface area contributed by atoms with E-state index in [9.17, 15) is 9.59 Å². The topological polar surface area (TPSA) is 71.1 Å². The highest BCUT2D eigenvalue weighted by molar-refractivity contribution is 7.10. The number of rotatable bonds is 8. The molecule has 1 aromatic carbocycles. The van der Waals surface area contributed by atoms with Crippen LogP contribution < -0.4 is 10.1 Å². The molecule has 1 N–H and O–H groups in total. The lowest BCUT2D eigenvalue weighted by atomic mass is 10.0. The molecule has 2 aromatic rings. The van der Waals surface area contributed by atoms with Gasteiger partial charge in [0.25, 0.3) is 0 Å². The van der Waals surface area contributed by atoms with Gasteiger partial charge in [-0.3, -0.25) is 4.79 Å². The van der Waals surface area contributed by atoms with Crippen molar-refractivity contribution >= 4 is 23.3 Å². The zero-order valence-corrected chi connectivity index (χ0v) is 20.2. The first kappa shape index (κ1) is 23.6. The van der Waals surface area contributed by atoms with E-state index >= 15 is 0 Å². The van der Waals surface area contributed by atoms with Crippen molar-refractivity contribution < 1.29 is 19.1 Å². The number of amides is 3. The van der Waals surface area contributed by atoms with Gasteiger partial charge < -0.3 is 24.6 Å². The number of ether oxygens (including phenoxy) is 2. The van der Waals surface area contributed by atoms with Gasteiger partial charge in [-0.15, -0.1) is 11.3 Å². The summed E-state index contributed by atoms with van der Waals surface area (Å²) in [5.74, 6) is 0.768. The van der Waals surface area contributed by atoms with Gasteiger partial charge >= 0.3 is 6.03 Å². The van der Waals surface area contributed by atoms with Crippen LogP contribution in [0.3, 0.4) is 0 Å². The van der Waals surface area contributed by atoms with Gasteiger partial charge in [0, 0.05) is 31.1 Å². The van der Waals surface area contributed by atoms with Crippen molar-refractivity contribution in [2.75, 3.05) is 39.4 Å². The smallest absolute Gasteiger partial charge is 0.317 e. The van der Waals surface area contributed by atoms with Crippen LogP contribution in [0.5, 0.6) is 5.75 Å². The maximum Gasteiger partial charge on any atom is 0.317 e. The van der Waals surface area contributed by atoms with Crippen molar-refractivity contribution in [3.63, 3.8) is 0 Å². The lowest BCUT2D eigenvalue weighted by Gasteiger charge is -2.37. The Bertz CT molecular complexity index is 957. The summed E-state index contributed by atoms with van der Waals surface area (Å²) in [4.78, 5) is 31.0. The summed E-state index contributed by atoms with van der Waals surface area (Å²) >= 11 is 1.73. The van der Waals surface area contributed by atoms with Crippen molar-refractivity contribution in [3.05, 3.63) is 51.7 Å². The Hall–Kier alpha value is -2.58. The molecule has 0 saturated carbocycles. The molecule has 178 valence electrons. The highest BCUT2D eigenvalue weighted by Crippen LogP contribution is 2.34. The number of para-hydroxylation sites is 1. The van der Waals surface area contributed by atoms with Crippen LogP contribution in [0.2, 0.25) is 0 Å². The number of hydrogen-bond donors (Lipinski definition) is 1. The zero-order valence-electron chi connectivity index (χ0n) is 19.4. The number of urea groups is 1. The summed E-state index contributed by atoms with van der Waals surface area (Å²) in [5.41, 5.74) is 2.22. The van der Waals surface area contributed by atoms with Gasteiger partial charge in [0.05, 0.1) is 12.1 Å². The summed E-state index contributed by atoms with van der Waals surface area (Å²) in [6.07, 6.45) is 2.73. The molecule has 8 heteroatoms. The number of aryl methyl sites for hydroxylation is 1. The lowest BCUT2D eigenvalue weighted by molar-refractivity contribution is -0.135. The predicted octanol–water partition coefficient (Wildman–Crippen LogP) is 3.77. The van der Waals surface area contributed by atoms with Crippen molar-refractivity contribution in [1.29, 1.82) is 0 Å². The van der Waals surface area contributed by atoms with E-state index in [0.29, 0.717) is 32.8 Å². The minimum absolute atomic E-state index is 0.00887. The highest BCUT2D eigenvalue weighted by atomic mass is 32.1. The minimum Gasteiger partial charge on any atom is -0.491 e. The van der Waals surface area contributed by atoms with E-state index in [4.69, 9.17) is 9.47 Å². The largest absolute Gasteiger partial charge is 0.491 e. The Morgan fingerprint density at radius 1 is 1.30 bits per heavy atom. The van der Waals surface area contributed by atoms with Gasteiger partial charge in [-0.2, -0.15) is 0 Å². The molecule has 33 heavy (non-hydrogen) atoms. The number of carbonyl (C=O) groups is 2. The maximum absolute atomic E-state index is 13.5. The van der Waals surface area contributed by atoms with Crippen molar-refractivity contribution in [2.24, 2.45) is 0 Å². The molecule has 2 aliphatic rings. The van der Waals surface area contributed by atoms with E-state index in [0.717, 1.165) is 36.1 Å². The van der Waals surface area contributed by atoms with Crippen molar-refractivity contribution in [3.8, 4) is 5.75 Å². The Balaban J connectivity index is 1.49. The zero-order chi connectivity index (χ0) is 23.2. The van der Waals surface area contributed by atoms with Crippen LogP contribution in [0.1, 0.15) is 41.8 Å². The molecule has 4 rings (SSSR count). The van der Waals surface area contributed by atoms with E-state index in [1.807, 2.05) is 43.0 Å². The van der Waals surface area contributed by atoms with Crippen molar-refractivity contribution in [2.45, 2.75) is 45.3 Å². The normalized spacial score (nSPS) is 19.8. The number of fused-ring (bicyclic) bond motifs is 1. The number of hydrogen-bond acceptors (Lipinski definition) is 5. The summed E-state index contributed by atoms with van der Waals surface area (Å²) < 4.78 is 11.9. The fourth-order valence-electron chi connectivity index (χ4n) is 4.53. The Kier molecular flexibility index (Phi) is 7.88. The molecule has 7 nitrogen and oxygen atoms in total. The number of carbonyl (C=O) groups excluding carboxylic acids is 2. The molecule has 3 heterocycles. The quantitative estimate of drug-likeness (QED) is 0.636. The van der Waals surface area contributed by atoms with Gasteiger partial charge in [-0.1, -0.05) is 18.2 Å². The standard InChI is InChI=1S/C25H33N3O4S/c1-3-26-25(30)27(15-19-8-6-13-31-19)16-24(29)28-12-10-23-20(11-14-33-23)21(28)17-32-22-9-5-4-7-18(22)2/h4-5,7,9,11,14,19,21H,3,6,8,10,12-13,15-17H2,1-2H3,(H,26,30)/t19-,21+/m1/s1. The van der Waals surface area contributed by atoms with Crippen LogP contribution in [0.4, 0.5) is 4.79 Å². The van der Waals surface area contributed by atoms with Crippen molar-refractivity contribution in [1.82, 2.24) is 15.1 Å². The highest BCUT2D eigenvalue weighted by Gasteiger charge is 2.34. The summed E-state index contributed by atoms with van der Waals surface area (Å²) in [6.45, 7) is 6.60. The Morgan fingerprint density at radius 2 is 2.15 bits per heavy atom. The number of benzene rings is 1. The monoisotopic (exact) mass is 471 g/mol. The number of thiophene rings is 1. The van der Waals surface area contributed by atoms with E-state index in [1.54, 1.807) is 16.2 Å². The fourth-order valence-corrected chi connectivity index (χ4v) is 5.46. The summed E-state index contributed by atoms with van der Waals surface area (Å²) in [7, 11) is 0. The van der Waals surface area contributed by atoms with Crippen LogP contribution in [0.25, 0.3) is 0 Å². The average molecular weight is 472 g/mol. The van der Waals surface area contributed by atoms with Crippen LogP contribution in [-0.4, -0.2) is 67.2 Å². The molecule has 1 fully saturated rings. The second-order valence-corrected chi connectivity index (χ2v) is 9.58. The van der Waals surface area contributed by atoms with Crippen LogP contribution in [-0.2, 0) is 16.0 Å². The van der Waals surface area contributed by atoms with Gasteiger partial charge in [-0.25, -0.2) is 4.79 Å². The molecule has 0 aliphatic carbocycles. The molecule has 2 aliphatic heterocycles.